The standard InChI is InChI=1S/C30H31F3N4O4/c1-2-39-28(38)16-27(22-15-25(18-34-17-22)41-19-30(31,32)33)37-12-9-21-14-24(7-8-26(21)37)40-13-10-23-6-5-20-4-3-11-35-29(20)36-23/h5-9,12,14-15,17-18,27H,2-4,10-11,13,16,19H2,1H3,(H,35,36). The molecule has 41 heavy (non-hydrogen) atoms. The number of rotatable bonds is 11. The Kier molecular flexibility index (Phi) is 8.61. The van der Waals surface area contributed by atoms with Gasteiger partial charge in [0.25, 0.3) is 0 Å². The average Bonchev–Trinajstić information content (AvgIpc) is 3.38. The van der Waals surface area contributed by atoms with Crippen LogP contribution in [0.4, 0.5) is 19.0 Å². The molecule has 4 heterocycles. The van der Waals surface area contributed by atoms with Gasteiger partial charge >= 0.3 is 12.1 Å². The van der Waals surface area contributed by atoms with Crippen LogP contribution in [0.25, 0.3) is 10.9 Å². The molecule has 4 aromatic rings. The number of alkyl halides is 3. The van der Waals surface area contributed by atoms with Gasteiger partial charge in [0, 0.05) is 42.0 Å². The van der Waals surface area contributed by atoms with E-state index >= 15 is 0 Å². The first kappa shape index (κ1) is 28.3. The van der Waals surface area contributed by atoms with E-state index < -0.39 is 24.8 Å². The van der Waals surface area contributed by atoms with Gasteiger partial charge < -0.3 is 24.1 Å². The fourth-order valence-corrected chi connectivity index (χ4v) is 4.90. The number of aromatic nitrogens is 3. The maximum Gasteiger partial charge on any atom is 0.422 e. The molecular weight excluding hydrogens is 537 g/mol. The first-order valence-electron chi connectivity index (χ1n) is 13.6. The molecule has 1 N–H and O–H groups in total. The number of nitrogens with one attached hydrogen (secondary N) is 1. The van der Waals surface area contributed by atoms with Crippen molar-refractivity contribution in [3.8, 4) is 11.5 Å². The number of fused-ring (bicyclic) bond motifs is 2. The molecule has 0 saturated carbocycles. The van der Waals surface area contributed by atoms with Crippen LogP contribution < -0.4 is 14.8 Å². The first-order chi connectivity index (χ1) is 19.8. The van der Waals surface area contributed by atoms with E-state index in [9.17, 15) is 18.0 Å². The average molecular weight is 569 g/mol. The molecule has 0 saturated heterocycles. The lowest BCUT2D eigenvalue weighted by Crippen LogP contribution is -2.20. The van der Waals surface area contributed by atoms with E-state index in [0.717, 1.165) is 41.8 Å². The molecule has 3 aromatic heterocycles. The number of carbonyl (C=O) groups is 1. The highest BCUT2D eigenvalue weighted by Gasteiger charge is 2.29. The van der Waals surface area contributed by atoms with Crippen molar-refractivity contribution in [2.24, 2.45) is 0 Å². The predicted octanol–water partition coefficient (Wildman–Crippen LogP) is 5.89. The van der Waals surface area contributed by atoms with E-state index in [1.54, 1.807) is 6.92 Å². The third kappa shape index (κ3) is 7.27. The van der Waals surface area contributed by atoms with Crippen molar-refractivity contribution >= 4 is 22.7 Å². The molecule has 1 aromatic carbocycles. The van der Waals surface area contributed by atoms with Crippen LogP contribution in [0.3, 0.4) is 0 Å². The highest BCUT2D eigenvalue weighted by molar-refractivity contribution is 5.82. The smallest absolute Gasteiger partial charge is 0.422 e. The quantitative estimate of drug-likeness (QED) is 0.226. The molecule has 1 unspecified atom stereocenters. The molecule has 0 amide bonds. The summed E-state index contributed by atoms with van der Waals surface area (Å²) < 4.78 is 56.0. The molecule has 0 bridgehead atoms. The minimum absolute atomic E-state index is 0.0370. The van der Waals surface area contributed by atoms with Crippen molar-refractivity contribution in [2.45, 2.75) is 44.8 Å². The lowest BCUT2D eigenvalue weighted by Gasteiger charge is -2.21. The lowest BCUT2D eigenvalue weighted by atomic mass is 10.0. The van der Waals surface area contributed by atoms with Crippen molar-refractivity contribution in [1.29, 1.82) is 0 Å². The zero-order chi connectivity index (χ0) is 28.8. The van der Waals surface area contributed by atoms with Gasteiger partial charge in [0.2, 0.25) is 0 Å². The van der Waals surface area contributed by atoms with E-state index in [-0.39, 0.29) is 18.8 Å². The predicted molar refractivity (Wildman–Crippen MR) is 147 cm³/mol. The summed E-state index contributed by atoms with van der Waals surface area (Å²) in [6.07, 6.45) is 2.85. The highest BCUT2D eigenvalue weighted by Crippen LogP contribution is 2.32. The third-order valence-corrected chi connectivity index (χ3v) is 6.79. The zero-order valence-electron chi connectivity index (χ0n) is 22.6. The van der Waals surface area contributed by atoms with Gasteiger partial charge in [0.15, 0.2) is 6.61 Å². The van der Waals surface area contributed by atoms with Crippen LogP contribution >= 0.6 is 0 Å². The molecule has 0 aliphatic carbocycles. The molecule has 1 aliphatic rings. The Bertz CT molecular complexity index is 1500. The molecular formula is C30H31F3N4O4. The molecule has 0 fully saturated rings. The van der Waals surface area contributed by atoms with E-state index in [0.29, 0.717) is 24.3 Å². The number of ether oxygens (including phenoxy) is 3. The van der Waals surface area contributed by atoms with E-state index in [1.807, 2.05) is 41.1 Å². The number of hydrogen-bond donors (Lipinski definition) is 1. The summed E-state index contributed by atoms with van der Waals surface area (Å²) in [4.78, 5) is 21.3. The Balaban J connectivity index is 1.32. The summed E-state index contributed by atoms with van der Waals surface area (Å²) in [5, 5.41) is 4.23. The molecule has 8 nitrogen and oxygen atoms in total. The molecule has 0 spiro atoms. The van der Waals surface area contributed by atoms with E-state index in [1.165, 1.54) is 24.0 Å². The van der Waals surface area contributed by atoms with Crippen molar-refractivity contribution < 1.29 is 32.2 Å². The second-order valence-corrected chi connectivity index (χ2v) is 9.77. The molecule has 216 valence electrons. The van der Waals surface area contributed by atoms with Gasteiger partial charge in [-0.25, -0.2) is 4.98 Å². The second kappa shape index (κ2) is 12.5. The number of anilines is 1. The number of halogens is 3. The van der Waals surface area contributed by atoms with Crippen molar-refractivity contribution in [1.82, 2.24) is 14.5 Å². The van der Waals surface area contributed by atoms with Crippen LogP contribution in [0.2, 0.25) is 0 Å². The minimum Gasteiger partial charge on any atom is -0.493 e. The van der Waals surface area contributed by atoms with Crippen LogP contribution in [0.1, 0.15) is 42.6 Å². The normalized spacial score (nSPS) is 13.8. The Morgan fingerprint density at radius 3 is 2.80 bits per heavy atom. The molecule has 1 aliphatic heterocycles. The molecule has 11 heteroatoms. The fraction of sp³-hybridized carbons (Fsp3) is 0.367. The van der Waals surface area contributed by atoms with Gasteiger partial charge in [-0.05, 0) is 67.3 Å². The number of benzene rings is 1. The van der Waals surface area contributed by atoms with Gasteiger partial charge in [0.1, 0.15) is 17.3 Å². The number of nitrogens with zero attached hydrogens (tertiary/aromatic N) is 3. The summed E-state index contributed by atoms with van der Waals surface area (Å²) >= 11 is 0. The van der Waals surface area contributed by atoms with Crippen molar-refractivity contribution in [3.63, 3.8) is 0 Å². The SMILES string of the molecule is CCOC(=O)CC(c1cncc(OCC(F)(F)F)c1)n1ccc2cc(OCCc3ccc4c(n3)NCCC4)ccc21. The maximum absolute atomic E-state index is 12.7. The summed E-state index contributed by atoms with van der Waals surface area (Å²) in [6, 6.07) is 12.6. The Morgan fingerprint density at radius 1 is 1.10 bits per heavy atom. The van der Waals surface area contributed by atoms with E-state index in [2.05, 4.69) is 16.4 Å². The first-order valence-corrected chi connectivity index (χ1v) is 13.6. The summed E-state index contributed by atoms with van der Waals surface area (Å²) in [7, 11) is 0. The number of hydrogen-bond acceptors (Lipinski definition) is 7. The van der Waals surface area contributed by atoms with Crippen LogP contribution in [-0.4, -0.2) is 53.0 Å². The van der Waals surface area contributed by atoms with Crippen LogP contribution in [0.15, 0.2) is 61.1 Å². The van der Waals surface area contributed by atoms with Gasteiger partial charge in [0.05, 0.1) is 31.9 Å². The number of aryl methyl sites for hydroxylation is 1. The topological polar surface area (TPSA) is 87.5 Å². The second-order valence-electron chi connectivity index (χ2n) is 9.77. The largest absolute Gasteiger partial charge is 0.493 e. The third-order valence-electron chi connectivity index (χ3n) is 6.79. The van der Waals surface area contributed by atoms with Crippen molar-refractivity contribution in [2.75, 3.05) is 31.7 Å². The van der Waals surface area contributed by atoms with E-state index in [4.69, 9.17) is 19.2 Å². The Hall–Kier alpha value is -4.28. The molecule has 1 atom stereocenters. The number of carbonyl (C=O) groups excluding carboxylic acids is 1. The summed E-state index contributed by atoms with van der Waals surface area (Å²) in [6.45, 7) is 1.89. The zero-order valence-corrected chi connectivity index (χ0v) is 22.6. The van der Waals surface area contributed by atoms with Gasteiger partial charge in [-0.2, -0.15) is 13.2 Å². The lowest BCUT2D eigenvalue weighted by molar-refractivity contribution is -0.153. The number of esters is 1. The summed E-state index contributed by atoms with van der Waals surface area (Å²) in [5.41, 5.74) is 3.54. The number of pyridine rings is 2. The monoisotopic (exact) mass is 568 g/mol. The summed E-state index contributed by atoms with van der Waals surface area (Å²) in [5.74, 6) is 1.18. The van der Waals surface area contributed by atoms with Gasteiger partial charge in [-0.15, -0.1) is 0 Å². The van der Waals surface area contributed by atoms with Crippen LogP contribution in [0, 0.1) is 0 Å². The van der Waals surface area contributed by atoms with Crippen molar-refractivity contribution in [3.05, 3.63) is 77.9 Å². The van der Waals surface area contributed by atoms with Gasteiger partial charge in [-0.3, -0.25) is 9.78 Å². The van der Waals surface area contributed by atoms with Gasteiger partial charge in [-0.1, -0.05) is 6.07 Å². The maximum atomic E-state index is 12.7. The highest BCUT2D eigenvalue weighted by atomic mass is 19.4. The van der Waals surface area contributed by atoms with Crippen LogP contribution in [0.5, 0.6) is 11.5 Å². The molecule has 5 rings (SSSR count). The Morgan fingerprint density at radius 2 is 1.98 bits per heavy atom. The molecule has 0 radical (unpaired) electrons. The Labute approximate surface area is 235 Å². The van der Waals surface area contributed by atoms with Crippen LogP contribution in [-0.2, 0) is 22.4 Å². The fourth-order valence-electron chi connectivity index (χ4n) is 4.90. The minimum atomic E-state index is -4.48.